The van der Waals surface area contributed by atoms with Crippen molar-refractivity contribution in [3.05, 3.63) is 95.3 Å². The molecule has 154 valence electrons. The Morgan fingerprint density at radius 3 is 2.40 bits per heavy atom. The maximum absolute atomic E-state index is 12.7. The van der Waals surface area contributed by atoms with Crippen LogP contribution in [0.3, 0.4) is 0 Å². The average molecular weight is 423 g/mol. The van der Waals surface area contributed by atoms with Crippen LogP contribution in [0.5, 0.6) is 0 Å². The molecule has 0 bridgehead atoms. The minimum Gasteiger partial charge on any atom is -0.267 e. The molecule has 0 unspecified atom stereocenters. The third-order valence-electron chi connectivity index (χ3n) is 4.40. The Bertz CT molecular complexity index is 1130. The first-order chi connectivity index (χ1) is 14.4. The van der Waals surface area contributed by atoms with Gasteiger partial charge in [0.1, 0.15) is 0 Å². The van der Waals surface area contributed by atoms with Gasteiger partial charge in [-0.2, -0.15) is 9.41 Å². The van der Waals surface area contributed by atoms with E-state index in [9.17, 15) is 13.2 Å². The lowest BCUT2D eigenvalue weighted by Crippen LogP contribution is -2.26. The molecule has 8 heteroatoms. The number of hydrogen-bond acceptors (Lipinski definition) is 5. The van der Waals surface area contributed by atoms with Gasteiger partial charge < -0.3 is 0 Å². The predicted molar refractivity (Wildman–Crippen MR) is 116 cm³/mol. The first kappa shape index (κ1) is 21.4. The molecule has 0 spiro atoms. The molecule has 0 atom stereocenters. The number of carbonyl (C=O) groups is 1. The Hall–Kier alpha value is -3.36. The minimum atomic E-state index is -3.59. The fourth-order valence-corrected chi connectivity index (χ4v) is 3.83. The van der Waals surface area contributed by atoms with E-state index in [4.69, 9.17) is 0 Å². The van der Waals surface area contributed by atoms with Crippen molar-refractivity contribution in [2.75, 3.05) is 7.05 Å². The third-order valence-corrected chi connectivity index (χ3v) is 6.22. The zero-order chi connectivity index (χ0) is 21.6. The highest BCUT2D eigenvalue weighted by molar-refractivity contribution is 7.89. The summed E-state index contributed by atoms with van der Waals surface area (Å²) in [5.74, 6) is -0.366. The van der Waals surface area contributed by atoms with Crippen molar-refractivity contribution >= 4 is 22.1 Å². The van der Waals surface area contributed by atoms with Crippen molar-refractivity contribution in [2.24, 2.45) is 5.10 Å². The number of aryl methyl sites for hydroxylation is 1. The monoisotopic (exact) mass is 422 g/mol. The summed E-state index contributed by atoms with van der Waals surface area (Å²) in [7, 11) is -2.06. The second kappa shape index (κ2) is 9.43. The molecule has 7 nitrogen and oxygen atoms in total. The number of sulfonamides is 1. The molecule has 3 rings (SSSR count). The molecule has 0 radical (unpaired) electrons. The van der Waals surface area contributed by atoms with E-state index in [1.807, 2.05) is 13.0 Å². The number of benzene rings is 2. The van der Waals surface area contributed by atoms with Crippen LogP contribution in [0.1, 0.15) is 27.2 Å². The molecular weight excluding hydrogens is 400 g/mol. The molecule has 3 aromatic rings. The highest BCUT2D eigenvalue weighted by Crippen LogP contribution is 2.17. The van der Waals surface area contributed by atoms with E-state index in [1.165, 1.54) is 17.6 Å². The summed E-state index contributed by atoms with van der Waals surface area (Å²) < 4.78 is 26.7. The molecule has 2 aromatic carbocycles. The molecule has 1 N–H and O–H groups in total. The van der Waals surface area contributed by atoms with Crippen LogP contribution >= 0.6 is 0 Å². The summed E-state index contributed by atoms with van der Waals surface area (Å²) in [4.78, 5) is 16.5. The second-order valence-corrected chi connectivity index (χ2v) is 8.77. The maximum Gasteiger partial charge on any atom is 0.271 e. The summed E-state index contributed by atoms with van der Waals surface area (Å²) in [5, 5.41) is 3.89. The van der Waals surface area contributed by atoms with E-state index >= 15 is 0 Å². The second-order valence-electron chi connectivity index (χ2n) is 6.72. The van der Waals surface area contributed by atoms with Gasteiger partial charge in [-0.15, -0.1) is 0 Å². The van der Waals surface area contributed by atoms with Crippen LogP contribution in [-0.2, 0) is 16.6 Å². The van der Waals surface area contributed by atoms with Crippen LogP contribution in [0.25, 0.3) is 0 Å². The molecular formula is C22H22N4O3S. The van der Waals surface area contributed by atoms with Crippen molar-refractivity contribution < 1.29 is 13.2 Å². The van der Waals surface area contributed by atoms with Crippen LogP contribution in [0.15, 0.2) is 82.9 Å². The van der Waals surface area contributed by atoms with Crippen molar-refractivity contribution in [1.29, 1.82) is 0 Å². The summed E-state index contributed by atoms with van der Waals surface area (Å²) >= 11 is 0. The van der Waals surface area contributed by atoms with Crippen molar-refractivity contribution in [2.45, 2.75) is 18.4 Å². The average Bonchev–Trinajstić information content (AvgIpc) is 2.75. The van der Waals surface area contributed by atoms with E-state index in [2.05, 4.69) is 15.5 Å². The standard InChI is InChI=1S/C22H22N4O3S/c1-17-6-12-21(13-7-17)30(28,29)26(2)16-18-8-10-19(11-9-18)22(27)25-24-15-20-5-3-4-14-23-20/h3-15H,16H2,1-2H3,(H,25,27)/b24-15-. The van der Waals surface area contributed by atoms with Gasteiger partial charge in [0, 0.05) is 25.4 Å². The summed E-state index contributed by atoms with van der Waals surface area (Å²) in [6.45, 7) is 2.09. The molecule has 0 saturated heterocycles. The van der Waals surface area contributed by atoms with Crippen LogP contribution < -0.4 is 5.43 Å². The number of amides is 1. The maximum atomic E-state index is 12.7. The summed E-state index contributed by atoms with van der Waals surface area (Å²) in [6, 6.07) is 18.8. The lowest BCUT2D eigenvalue weighted by Gasteiger charge is -2.17. The quantitative estimate of drug-likeness (QED) is 0.468. The molecule has 0 saturated carbocycles. The van der Waals surface area contributed by atoms with Gasteiger partial charge in [-0.1, -0.05) is 35.9 Å². The van der Waals surface area contributed by atoms with Crippen LogP contribution in [0, 0.1) is 6.92 Å². The van der Waals surface area contributed by atoms with Crippen molar-refractivity contribution in [1.82, 2.24) is 14.7 Å². The Balaban J connectivity index is 1.61. The summed E-state index contributed by atoms with van der Waals surface area (Å²) in [5.41, 5.74) is 5.25. The zero-order valence-electron chi connectivity index (χ0n) is 16.7. The smallest absolute Gasteiger partial charge is 0.267 e. The molecule has 30 heavy (non-hydrogen) atoms. The highest BCUT2D eigenvalue weighted by Gasteiger charge is 2.20. The van der Waals surface area contributed by atoms with Crippen molar-refractivity contribution in [3.8, 4) is 0 Å². The molecule has 0 fully saturated rings. The minimum absolute atomic E-state index is 0.190. The van der Waals surface area contributed by atoms with E-state index in [0.29, 0.717) is 11.3 Å². The Morgan fingerprint density at radius 1 is 1.07 bits per heavy atom. The lowest BCUT2D eigenvalue weighted by atomic mass is 10.1. The zero-order valence-corrected chi connectivity index (χ0v) is 17.5. The highest BCUT2D eigenvalue weighted by atomic mass is 32.2. The third kappa shape index (κ3) is 5.37. The number of hydrogen-bond donors (Lipinski definition) is 1. The predicted octanol–water partition coefficient (Wildman–Crippen LogP) is 2.97. The number of pyridine rings is 1. The largest absolute Gasteiger partial charge is 0.271 e. The van der Waals surface area contributed by atoms with Gasteiger partial charge in [0.25, 0.3) is 5.91 Å². The van der Waals surface area contributed by atoms with Gasteiger partial charge in [-0.05, 0) is 48.9 Å². The van der Waals surface area contributed by atoms with E-state index in [-0.39, 0.29) is 17.3 Å². The Morgan fingerprint density at radius 2 is 1.77 bits per heavy atom. The molecule has 0 aliphatic carbocycles. The van der Waals surface area contributed by atoms with Gasteiger partial charge in [-0.3, -0.25) is 9.78 Å². The number of aromatic nitrogens is 1. The fourth-order valence-electron chi connectivity index (χ4n) is 2.67. The number of rotatable bonds is 7. The van der Waals surface area contributed by atoms with Crippen LogP contribution in [-0.4, -0.2) is 36.9 Å². The summed E-state index contributed by atoms with van der Waals surface area (Å²) in [6.07, 6.45) is 3.09. The normalized spacial score (nSPS) is 11.7. The first-order valence-electron chi connectivity index (χ1n) is 9.22. The Labute approximate surface area is 176 Å². The molecule has 1 amide bonds. The first-order valence-corrected chi connectivity index (χ1v) is 10.7. The van der Waals surface area contributed by atoms with E-state index in [0.717, 1.165) is 11.1 Å². The topological polar surface area (TPSA) is 91.7 Å². The van der Waals surface area contributed by atoms with Crippen LogP contribution in [0.4, 0.5) is 0 Å². The SMILES string of the molecule is Cc1ccc(S(=O)(=O)N(C)Cc2ccc(C(=O)N/N=C\c3ccccn3)cc2)cc1. The number of hydrazone groups is 1. The van der Waals surface area contributed by atoms with Crippen molar-refractivity contribution in [3.63, 3.8) is 0 Å². The van der Waals surface area contributed by atoms with Gasteiger partial charge in [0.2, 0.25) is 10.0 Å². The lowest BCUT2D eigenvalue weighted by molar-refractivity contribution is 0.0955. The van der Waals surface area contributed by atoms with Gasteiger partial charge in [-0.25, -0.2) is 13.8 Å². The number of carbonyl (C=O) groups excluding carboxylic acids is 1. The molecule has 1 heterocycles. The number of nitrogens with zero attached hydrogens (tertiary/aromatic N) is 3. The molecule has 1 aromatic heterocycles. The van der Waals surface area contributed by atoms with Crippen LogP contribution in [0.2, 0.25) is 0 Å². The van der Waals surface area contributed by atoms with Gasteiger partial charge in [0.15, 0.2) is 0 Å². The Kier molecular flexibility index (Phi) is 6.71. The molecule has 0 aliphatic rings. The van der Waals surface area contributed by atoms with E-state index < -0.39 is 10.0 Å². The molecule has 0 aliphatic heterocycles. The van der Waals surface area contributed by atoms with E-state index in [1.54, 1.807) is 66.9 Å². The van der Waals surface area contributed by atoms with Gasteiger partial charge in [0.05, 0.1) is 16.8 Å². The number of nitrogens with one attached hydrogen (secondary N) is 1. The fraction of sp³-hybridized carbons (Fsp3) is 0.136. The van der Waals surface area contributed by atoms with Gasteiger partial charge >= 0.3 is 0 Å².